The molecule has 0 aliphatic carbocycles. The van der Waals surface area contributed by atoms with E-state index >= 15 is 0 Å². The predicted molar refractivity (Wildman–Crippen MR) is 280 cm³/mol. The van der Waals surface area contributed by atoms with Gasteiger partial charge in [-0.3, -0.25) is 14.4 Å². The summed E-state index contributed by atoms with van der Waals surface area (Å²) in [6, 6.07) is 0. The molecule has 386 valence electrons. The second-order valence-electron chi connectivity index (χ2n) is 20.3. The van der Waals surface area contributed by atoms with Gasteiger partial charge in [-0.05, 0) is 19.3 Å². The van der Waals surface area contributed by atoms with Crippen molar-refractivity contribution in [1.29, 1.82) is 0 Å². The van der Waals surface area contributed by atoms with E-state index < -0.39 is 6.10 Å². The summed E-state index contributed by atoms with van der Waals surface area (Å²) in [5.41, 5.74) is 0. The maximum absolute atomic E-state index is 12.9. The van der Waals surface area contributed by atoms with E-state index in [1.165, 1.54) is 244 Å². The molecule has 1 atom stereocenters. The summed E-state index contributed by atoms with van der Waals surface area (Å²) >= 11 is 0. The fourth-order valence-corrected chi connectivity index (χ4v) is 9.15. The molecule has 0 saturated heterocycles. The van der Waals surface area contributed by atoms with Gasteiger partial charge in [-0.1, -0.05) is 303 Å². The molecule has 0 N–H and O–H groups in total. The van der Waals surface area contributed by atoms with Gasteiger partial charge in [-0.2, -0.15) is 0 Å². The van der Waals surface area contributed by atoms with E-state index in [-0.39, 0.29) is 31.1 Å². The highest BCUT2D eigenvalue weighted by molar-refractivity contribution is 5.71. The van der Waals surface area contributed by atoms with Crippen molar-refractivity contribution in [2.24, 2.45) is 0 Å². The SMILES string of the molecule is CCCCCCCCCCCCCCCCCCCC(=O)OC[C@@H](COC(=O)CCCCCCCCCCCCCCC)OC(=O)CCCCCCCCCCCCCCCCCCC. The van der Waals surface area contributed by atoms with Crippen molar-refractivity contribution in [2.75, 3.05) is 13.2 Å². The predicted octanol–water partition coefficient (Wildman–Crippen LogP) is 19.5. The normalized spacial score (nSPS) is 11.9. The zero-order valence-electron chi connectivity index (χ0n) is 44.3. The molecule has 0 aliphatic heterocycles. The van der Waals surface area contributed by atoms with E-state index in [0.717, 1.165) is 57.8 Å². The molecule has 0 aromatic heterocycles. The summed E-state index contributed by atoms with van der Waals surface area (Å²) in [6.45, 7) is 6.71. The number of hydrogen-bond acceptors (Lipinski definition) is 6. The van der Waals surface area contributed by atoms with Gasteiger partial charge >= 0.3 is 17.9 Å². The molecule has 6 heteroatoms. The standard InChI is InChI=1S/C59H114O6/c1-4-7-10-13-16-19-22-25-27-29-31-34-37-40-43-46-49-52-58(61)64-55-56(54-63-57(60)51-48-45-42-39-36-33-24-21-18-15-12-9-6-3)65-59(62)53-50-47-44-41-38-35-32-30-28-26-23-20-17-14-11-8-5-2/h56H,4-55H2,1-3H3/t56-/m1/s1. The van der Waals surface area contributed by atoms with E-state index in [2.05, 4.69) is 20.8 Å². The fourth-order valence-electron chi connectivity index (χ4n) is 9.15. The topological polar surface area (TPSA) is 78.9 Å². The number of rotatable bonds is 55. The zero-order valence-corrected chi connectivity index (χ0v) is 44.3. The molecular weight excluding hydrogens is 805 g/mol. The number of esters is 3. The van der Waals surface area contributed by atoms with E-state index in [9.17, 15) is 14.4 Å². The van der Waals surface area contributed by atoms with Crippen LogP contribution < -0.4 is 0 Å². The van der Waals surface area contributed by atoms with Crippen molar-refractivity contribution in [3.8, 4) is 0 Å². The molecule has 0 spiro atoms. The summed E-state index contributed by atoms with van der Waals surface area (Å²) in [6.07, 6.45) is 60.9. The van der Waals surface area contributed by atoms with Gasteiger partial charge in [0.15, 0.2) is 6.10 Å². The van der Waals surface area contributed by atoms with Gasteiger partial charge in [-0.25, -0.2) is 0 Å². The van der Waals surface area contributed by atoms with Gasteiger partial charge in [-0.15, -0.1) is 0 Å². The first-order valence-corrected chi connectivity index (χ1v) is 29.5. The maximum atomic E-state index is 12.9. The molecule has 0 radical (unpaired) electrons. The minimum atomic E-state index is -0.761. The highest BCUT2D eigenvalue weighted by Crippen LogP contribution is 2.18. The Morgan fingerprint density at radius 1 is 0.246 bits per heavy atom. The van der Waals surface area contributed by atoms with Gasteiger partial charge in [0, 0.05) is 19.3 Å². The van der Waals surface area contributed by atoms with Crippen LogP contribution in [-0.2, 0) is 28.6 Å². The number of unbranched alkanes of at least 4 members (excludes halogenated alkanes) is 44. The van der Waals surface area contributed by atoms with Crippen LogP contribution in [0.4, 0.5) is 0 Å². The summed E-state index contributed by atoms with van der Waals surface area (Å²) in [7, 11) is 0. The maximum Gasteiger partial charge on any atom is 0.306 e. The Balaban J connectivity index is 4.28. The van der Waals surface area contributed by atoms with Gasteiger partial charge in [0.1, 0.15) is 13.2 Å². The van der Waals surface area contributed by atoms with Crippen LogP contribution >= 0.6 is 0 Å². The van der Waals surface area contributed by atoms with Crippen molar-refractivity contribution in [3.63, 3.8) is 0 Å². The van der Waals surface area contributed by atoms with Crippen molar-refractivity contribution in [2.45, 2.75) is 348 Å². The molecule has 0 unspecified atom stereocenters. The first-order chi connectivity index (χ1) is 32.0. The summed E-state index contributed by atoms with van der Waals surface area (Å²) in [4.78, 5) is 38.1. The molecule has 0 aliphatic rings. The summed E-state index contributed by atoms with van der Waals surface area (Å²) in [5.74, 6) is -0.830. The second-order valence-corrected chi connectivity index (χ2v) is 20.3. The lowest BCUT2D eigenvalue weighted by Crippen LogP contribution is -2.30. The lowest BCUT2D eigenvalue weighted by Gasteiger charge is -2.18. The Morgan fingerprint density at radius 2 is 0.415 bits per heavy atom. The molecule has 0 aromatic rings. The van der Waals surface area contributed by atoms with Crippen molar-refractivity contribution in [3.05, 3.63) is 0 Å². The quantitative estimate of drug-likeness (QED) is 0.0344. The first-order valence-electron chi connectivity index (χ1n) is 29.5. The number of carbonyl (C=O) groups excluding carboxylic acids is 3. The third-order valence-corrected chi connectivity index (χ3v) is 13.6. The molecule has 0 heterocycles. The third-order valence-electron chi connectivity index (χ3n) is 13.6. The van der Waals surface area contributed by atoms with Gasteiger partial charge in [0.05, 0.1) is 0 Å². The molecule has 0 saturated carbocycles. The van der Waals surface area contributed by atoms with Crippen molar-refractivity contribution >= 4 is 17.9 Å². The van der Waals surface area contributed by atoms with Crippen LogP contribution in [0.25, 0.3) is 0 Å². The largest absolute Gasteiger partial charge is 0.462 e. The van der Waals surface area contributed by atoms with Gasteiger partial charge < -0.3 is 14.2 Å². The Bertz CT molecular complexity index is 967. The number of carbonyl (C=O) groups is 3. The van der Waals surface area contributed by atoms with Crippen LogP contribution in [0.5, 0.6) is 0 Å². The minimum absolute atomic E-state index is 0.0609. The molecule has 0 rings (SSSR count). The average Bonchev–Trinajstić information content (AvgIpc) is 3.30. The molecule has 0 aromatic carbocycles. The zero-order chi connectivity index (χ0) is 47.2. The summed E-state index contributed by atoms with van der Waals surface area (Å²) in [5, 5.41) is 0. The van der Waals surface area contributed by atoms with Crippen LogP contribution in [0.2, 0.25) is 0 Å². The Morgan fingerprint density at radius 3 is 0.615 bits per heavy atom. The van der Waals surface area contributed by atoms with Crippen LogP contribution in [0.15, 0.2) is 0 Å². The molecular formula is C59H114O6. The fraction of sp³-hybridized carbons (Fsp3) is 0.949. The molecule has 65 heavy (non-hydrogen) atoms. The molecule has 0 fully saturated rings. The molecule has 0 amide bonds. The second kappa shape index (κ2) is 55.0. The van der Waals surface area contributed by atoms with Crippen LogP contribution in [0.1, 0.15) is 342 Å². The monoisotopic (exact) mass is 919 g/mol. The van der Waals surface area contributed by atoms with Crippen LogP contribution in [-0.4, -0.2) is 37.2 Å². The number of ether oxygens (including phenoxy) is 3. The van der Waals surface area contributed by atoms with Crippen LogP contribution in [0.3, 0.4) is 0 Å². The van der Waals surface area contributed by atoms with Gasteiger partial charge in [0.2, 0.25) is 0 Å². The van der Waals surface area contributed by atoms with E-state index in [1.807, 2.05) is 0 Å². The third kappa shape index (κ3) is 53.2. The van der Waals surface area contributed by atoms with Crippen molar-refractivity contribution in [1.82, 2.24) is 0 Å². The lowest BCUT2D eigenvalue weighted by molar-refractivity contribution is -0.167. The van der Waals surface area contributed by atoms with E-state index in [0.29, 0.717) is 19.3 Å². The molecule has 0 bridgehead atoms. The highest BCUT2D eigenvalue weighted by Gasteiger charge is 2.19. The van der Waals surface area contributed by atoms with Gasteiger partial charge in [0.25, 0.3) is 0 Å². The smallest absolute Gasteiger partial charge is 0.306 e. The van der Waals surface area contributed by atoms with E-state index in [1.54, 1.807) is 0 Å². The Kier molecular flexibility index (Phi) is 53.7. The Labute approximate surface area is 406 Å². The van der Waals surface area contributed by atoms with E-state index in [4.69, 9.17) is 14.2 Å². The van der Waals surface area contributed by atoms with Crippen LogP contribution in [0, 0.1) is 0 Å². The molecule has 6 nitrogen and oxygen atoms in total. The highest BCUT2D eigenvalue weighted by atomic mass is 16.6. The van der Waals surface area contributed by atoms with Crippen molar-refractivity contribution < 1.29 is 28.6 Å². The number of hydrogen-bond donors (Lipinski definition) is 0. The first kappa shape index (κ1) is 63.4. The average molecular weight is 920 g/mol. The minimum Gasteiger partial charge on any atom is -0.462 e. The summed E-state index contributed by atoms with van der Waals surface area (Å²) < 4.78 is 16.9. The lowest BCUT2D eigenvalue weighted by atomic mass is 10.0. The Hall–Kier alpha value is -1.59.